The smallest absolute Gasteiger partial charge is 0.221 e. The van der Waals surface area contributed by atoms with Gasteiger partial charge in [0.15, 0.2) is 5.69 Å². The number of aryl methyl sites for hydroxylation is 1. The van der Waals surface area contributed by atoms with Crippen LogP contribution in [0.2, 0.25) is 0 Å². The molecule has 1 aliphatic heterocycles. The van der Waals surface area contributed by atoms with Gasteiger partial charge in [-0.1, -0.05) is 36.4 Å². The fourth-order valence-corrected chi connectivity index (χ4v) is 3.56. The van der Waals surface area contributed by atoms with E-state index in [9.17, 15) is 5.11 Å². The Bertz CT molecular complexity index is 1060. The normalized spacial score (nSPS) is 15.2. The molecule has 8 heteroatoms. The zero-order chi connectivity index (χ0) is 20.2. The molecule has 0 spiro atoms. The number of nitrogens with one attached hydrogen (secondary N) is 1. The van der Waals surface area contributed by atoms with Crippen LogP contribution >= 0.6 is 12.2 Å². The number of para-hydroxylation sites is 2. The molecule has 1 saturated heterocycles. The Balaban J connectivity index is 1.60. The Morgan fingerprint density at radius 2 is 1.86 bits per heavy atom. The van der Waals surface area contributed by atoms with Crippen LogP contribution in [0.3, 0.4) is 0 Å². The molecule has 0 radical (unpaired) electrons. The van der Waals surface area contributed by atoms with E-state index in [1.165, 1.54) is 0 Å². The molecule has 150 valence electrons. The van der Waals surface area contributed by atoms with Gasteiger partial charge in [0.05, 0.1) is 25.4 Å². The van der Waals surface area contributed by atoms with Gasteiger partial charge >= 0.3 is 0 Å². The van der Waals surface area contributed by atoms with E-state index in [-0.39, 0.29) is 11.0 Å². The van der Waals surface area contributed by atoms with Crippen LogP contribution in [-0.2, 0) is 11.4 Å². The van der Waals surface area contributed by atoms with E-state index < -0.39 is 0 Å². The number of fused-ring (bicyclic) bond motifs is 1. The van der Waals surface area contributed by atoms with E-state index in [1.54, 1.807) is 0 Å². The molecule has 2 N–H and O–H groups in total. The zero-order valence-corrected chi connectivity index (χ0v) is 17.0. The summed E-state index contributed by atoms with van der Waals surface area (Å²) in [6.45, 7) is 5.61. The molecule has 0 unspecified atom stereocenters. The van der Waals surface area contributed by atoms with Crippen molar-refractivity contribution >= 4 is 39.6 Å². The number of hydrogen-bond donors (Lipinski definition) is 2. The largest absolute Gasteiger partial charge is 0.493 e. The summed E-state index contributed by atoms with van der Waals surface area (Å²) in [6.07, 6.45) is 0. The fraction of sp³-hybridized carbons (Fsp3) is 0.286. The molecule has 2 heterocycles. The van der Waals surface area contributed by atoms with Crippen molar-refractivity contribution in [1.29, 1.82) is 0 Å². The molecule has 0 atom stereocenters. The van der Waals surface area contributed by atoms with Crippen molar-refractivity contribution in [3.63, 3.8) is 0 Å². The number of azo groups is 1. The highest BCUT2D eigenvalue weighted by Crippen LogP contribution is 2.39. The quantitative estimate of drug-likeness (QED) is 0.493. The minimum absolute atomic E-state index is 0.0835. The Labute approximate surface area is 174 Å². The van der Waals surface area contributed by atoms with Crippen LogP contribution in [0, 0.1) is 6.92 Å². The Morgan fingerprint density at radius 1 is 1.14 bits per heavy atom. The second-order valence-electron chi connectivity index (χ2n) is 6.93. The first-order valence-electron chi connectivity index (χ1n) is 9.52. The van der Waals surface area contributed by atoms with Crippen LogP contribution in [0.1, 0.15) is 5.56 Å². The van der Waals surface area contributed by atoms with Crippen molar-refractivity contribution in [2.45, 2.75) is 13.6 Å². The molecule has 7 nitrogen and oxygen atoms in total. The number of thiocarbonyl (C=S) groups is 1. The highest BCUT2D eigenvalue weighted by atomic mass is 32.1. The molecule has 1 fully saturated rings. The van der Waals surface area contributed by atoms with Crippen molar-refractivity contribution in [3.8, 4) is 5.88 Å². The van der Waals surface area contributed by atoms with Gasteiger partial charge in [0.2, 0.25) is 11.0 Å². The molecular weight excluding hydrogens is 386 g/mol. The average molecular weight is 410 g/mol. The summed E-state index contributed by atoms with van der Waals surface area (Å²) in [4.78, 5) is 2.24. The predicted molar refractivity (Wildman–Crippen MR) is 118 cm³/mol. The summed E-state index contributed by atoms with van der Waals surface area (Å²) in [5.41, 5.74) is 3.27. The third-order valence-electron chi connectivity index (χ3n) is 4.99. The van der Waals surface area contributed by atoms with Crippen molar-refractivity contribution in [2.75, 3.05) is 31.6 Å². The van der Waals surface area contributed by atoms with Gasteiger partial charge in [-0.05, 0) is 36.8 Å². The van der Waals surface area contributed by atoms with Crippen molar-refractivity contribution in [2.24, 2.45) is 10.2 Å². The van der Waals surface area contributed by atoms with Crippen LogP contribution in [0.5, 0.6) is 5.88 Å². The predicted octanol–water partition coefficient (Wildman–Crippen LogP) is 4.43. The monoisotopic (exact) mass is 409 g/mol. The van der Waals surface area contributed by atoms with Gasteiger partial charge in [-0.3, -0.25) is 9.47 Å². The number of morpholine rings is 1. The molecule has 3 aromatic rings. The minimum atomic E-state index is 0.0835. The Hall–Kier alpha value is -2.81. The molecule has 0 saturated carbocycles. The molecule has 4 rings (SSSR count). The van der Waals surface area contributed by atoms with E-state index >= 15 is 0 Å². The lowest BCUT2D eigenvalue weighted by Crippen LogP contribution is -2.37. The van der Waals surface area contributed by atoms with Gasteiger partial charge < -0.3 is 15.2 Å². The Kier molecular flexibility index (Phi) is 5.84. The first kappa shape index (κ1) is 19.5. The van der Waals surface area contributed by atoms with E-state index in [2.05, 4.69) is 20.4 Å². The van der Waals surface area contributed by atoms with E-state index in [0.717, 1.165) is 35.2 Å². The van der Waals surface area contributed by atoms with E-state index in [0.29, 0.717) is 25.6 Å². The number of anilines is 1. The molecule has 0 amide bonds. The minimum Gasteiger partial charge on any atom is -0.493 e. The summed E-state index contributed by atoms with van der Waals surface area (Å²) in [7, 11) is 0. The summed E-state index contributed by atoms with van der Waals surface area (Å²) in [6, 6.07) is 15.6. The molecule has 0 bridgehead atoms. The second kappa shape index (κ2) is 8.69. The van der Waals surface area contributed by atoms with Gasteiger partial charge in [-0.25, -0.2) is 0 Å². The van der Waals surface area contributed by atoms with Gasteiger partial charge in [0, 0.05) is 24.2 Å². The molecule has 29 heavy (non-hydrogen) atoms. The summed E-state index contributed by atoms with van der Waals surface area (Å²) in [5, 5.41) is 23.5. The van der Waals surface area contributed by atoms with Crippen LogP contribution in [-0.4, -0.2) is 46.0 Å². The molecule has 0 aliphatic carbocycles. The topological polar surface area (TPSA) is 74.4 Å². The number of ether oxygens (including phenoxy) is 1. The van der Waals surface area contributed by atoms with Crippen LogP contribution < -0.4 is 5.32 Å². The third kappa shape index (κ3) is 4.29. The first-order chi connectivity index (χ1) is 14.1. The fourth-order valence-electron chi connectivity index (χ4n) is 3.40. The summed E-state index contributed by atoms with van der Waals surface area (Å²) in [5.74, 6) is 0.0835. The second-order valence-corrected chi connectivity index (χ2v) is 7.32. The van der Waals surface area contributed by atoms with Crippen LogP contribution in [0.4, 0.5) is 11.4 Å². The zero-order valence-electron chi connectivity index (χ0n) is 16.2. The van der Waals surface area contributed by atoms with E-state index in [4.69, 9.17) is 17.0 Å². The van der Waals surface area contributed by atoms with Gasteiger partial charge in [0.1, 0.15) is 0 Å². The molecular formula is C21H23N5O2S. The van der Waals surface area contributed by atoms with Gasteiger partial charge in [-0.2, -0.15) is 0 Å². The van der Waals surface area contributed by atoms with Crippen molar-refractivity contribution in [3.05, 3.63) is 54.1 Å². The lowest BCUT2D eigenvalue weighted by atomic mass is 10.2. The van der Waals surface area contributed by atoms with Gasteiger partial charge in [0.25, 0.3) is 0 Å². The first-order valence-corrected chi connectivity index (χ1v) is 9.93. The number of benzene rings is 2. The average Bonchev–Trinajstić information content (AvgIpc) is 3.00. The Morgan fingerprint density at radius 3 is 2.66 bits per heavy atom. The van der Waals surface area contributed by atoms with Crippen molar-refractivity contribution in [1.82, 2.24) is 9.47 Å². The number of aromatic nitrogens is 1. The molecule has 2 aromatic carbocycles. The lowest BCUT2D eigenvalue weighted by molar-refractivity contribution is 0.0231. The maximum absolute atomic E-state index is 10.9. The number of hydrogen-bond acceptors (Lipinski definition) is 5. The maximum atomic E-state index is 10.9. The molecule has 1 aliphatic rings. The number of nitrogens with zero attached hydrogens (tertiary/aromatic N) is 4. The maximum Gasteiger partial charge on any atom is 0.221 e. The molecule has 1 aromatic heterocycles. The van der Waals surface area contributed by atoms with Crippen molar-refractivity contribution < 1.29 is 9.84 Å². The van der Waals surface area contributed by atoms with Crippen LogP contribution in [0.15, 0.2) is 58.8 Å². The number of rotatable bonds is 4. The summed E-state index contributed by atoms with van der Waals surface area (Å²) >= 11 is 5.32. The third-order valence-corrected chi connectivity index (χ3v) is 5.17. The highest BCUT2D eigenvalue weighted by molar-refractivity contribution is 7.80. The van der Waals surface area contributed by atoms with Crippen LogP contribution in [0.25, 0.3) is 10.9 Å². The highest BCUT2D eigenvalue weighted by Gasteiger charge is 2.19. The summed E-state index contributed by atoms with van der Waals surface area (Å²) < 4.78 is 7.27. The standard InChI is InChI=1S/C21H23N5O2S/c1-15-6-2-4-8-17(15)22-21(29)24-23-19-16-7-3-5-9-18(16)26(20(19)27)14-25-10-12-28-13-11-25/h2-9,27H,10-14H2,1H3,(H,22,29). The number of aromatic hydroxyl groups is 1. The lowest BCUT2D eigenvalue weighted by Gasteiger charge is -2.27. The SMILES string of the molecule is Cc1ccccc1NC(=S)N=Nc1c(O)n(CN2CCOCC2)c2ccccc12. The van der Waals surface area contributed by atoms with E-state index in [1.807, 2.05) is 60.0 Å². The van der Waals surface area contributed by atoms with Gasteiger partial charge in [-0.15, -0.1) is 10.2 Å².